The Bertz CT molecular complexity index is 516. The second kappa shape index (κ2) is 5.28. The highest BCUT2D eigenvalue weighted by Crippen LogP contribution is 2.33. The van der Waals surface area contributed by atoms with E-state index in [9.17, 15) is 10.1 Å². The van der Waals surface area contributed by atoms with Crippen LogP contribution in [0.2, 0.25) is 0 Å². The van der Waals surface area contributed by atoms with Crippen LogP contribution in [-0.2, 0) is 0 Å². The van der Waals surface area contributed by atoms with Crippen LogP contribution >= 0.6 is 0 Å². The van der Waals surface area contributed by atoms with Crippen molar-refractivity contribution in [2.24, 2.45) is 0 Å². The Hall–Kier alpha value is -1.82. The molecule has 0 radical (unpaired) electrons. The molecule has 0 spiro atoms. The third-order valence-electron chi connectivity index (χ3n) is 4.04. The number of rotatable bonds is 5. The van der Waals surface area contributed by atoms with Crippen LogP contribution in [-0.4, -0.2) is 42.1 Å². The predicted octanol–water partition coefficient (Wildman–Crippen LogP) is 2.25. The number of nitro benzene ring substituents is 1. The van der Waals surface area contributed by atoms with E-state index in [4.69, 9.17) is 4.74 Å². The third kappa shape index (κ3) is 2.70. The Morgan fingerprint density at radius 1 is 1.40 bits per heavy atom. The van der Waals surface area contributed by atoms with E-state index in [0.717, 1.165) is 25.6 Å². The van der Waals surface area contributed by atoms with Gasteiger partial charge in [-0.25, -0.2) is 0 Å². The molecule has 2 aliphatic rings. The van der Waals surface area contributed by atoms with Gasteiger partial charge in [0.15, 0.2) is 0 Å². The Labute approximate surface area is 117 Å². The molecule has 6 nitrogen and oxygen atoms in total. The maximum Gasteiger partial charge on any atom is 0.292 e. The number of ether oxygens (including phenoxy) is 1. The lowest BCUT2D eigenvalue weighted by atomic mass is 10.2. The molecule has 1 heterocycles. The molecule has 1 N–H and O–H groups in total. The summed E-state index contributed by atoms with van der Waals surface area (Å²) in [5, 5.41) is 14.4. The Balaban J connectivity index is 1.73. The number of hydrogen-bond acceptors (Lipinski definition) is 5. The molecule has 1 saturated heterocycles. The molecular weight excluding hydrogens is 258 g/mol. The van der Waals surface area contributed by atoms with Gasteiger partial charge >= 0.3 is 0 Å². The lowest BCUT2D eigenvalue weighted by molar-refractivity contribution is -0.384. The van der Waals surface area contributed by atoms with E-state index in [1.165, 1.54) is 18.9 Å². The summed E-state index contributed by atoms with van der Waals surface area (Å²) >= 11 is 0. The first-order valence-corrected chi connectivity index (χ1v) is 7.00. The number of methoxy groups -OCH3 is 1. The summed E-state index contributed by atoms with van der Waals surface area (Å²) in [7, 11) is 1.56. The van der Waals surface area contributed by atoms with Gasteiger partial charge in [-0.3, -0.25) is 15.0 Å². The van der Waals surface area contributed by atoms with Gasteiger partial charge in [-0.2, -0.15) is 0 Å². The molecule has 108 valence electrons. The van der Waals surface area contributed by atoms with Gasteiger partial charge in [-0.1, -0.05) is 0 Å². The fourth-order valence-electron chi connectivity index (χ4n) is 2.81. The van der Waals surface area contributed by atoms with Gasteiger partial charge in [0.25, 0.3) is 5.69 Å². The molecule has 2 fully saturated rings. The van der Waals surface area contributed by atoms with E-state index in [1.54, 1.807) is 19.2 Å². The van der Waals surface area contributed by atoms with Crippen LogP contribution in [0.5, 0.6) is 5.75 Å². The zero-order valence-electron chi connectivity index (χ0n) is 11.5. The lowest BCUT2D eigenvalue weighted by Crippen LogP contribution is -2.27. The number of anilines is 1. The fraction of sp³-hybridized carbons (Fsp3) is 0.571. The standard InChI is InChI=1S/C14H19N3O3/c1-20-12-4-5-14(17(18)19)13(8-12)15-10-6-7-16(9-10)11-2-3-11/h4-5,8,10-11,15H,2-3,6-7,9H2,1H3. The van der Waals surface area contributed by atoms with Crippen LogP contribution in [0.4, 0.5) is 11.4 Å². The summed E-state index contributed by atoms with van der Waals surface area (Å²) in [6, 6.07) is 5.85. The lowest BCUT2D eigenvalue weighted by Gasteiger charge is -2.17. The van der Waals surface area contributed by atoms with Crippen molar-refractivity contribution in [1.82, 2.24) is 4.90 Å². The number of nitrogens with one attached hydrogen (secondary N) is 1. The van der Waals surface area contributed by atoms with Crippen molar-refractivity contribution in [2.75, 3.05) is 25.5 Å². The number of hydrogen-bond donors (Lipinski definition) is 1. The second-order valence-electron chi connectivity index (χ2n) is 5.50. The molecule has 6 heteroatoms. The van der Waals surface area contributed by atoms with E-state index in [2.05, 4.69) is 10.2 Å². The van der Waals surface area contributed by atoms with Crippen LogP contribution in [0.1, 0.15) is 19.3 Å². The molecule has 1 unspecified atom stereocenters. The summed E-state index contributed by atoms with van der Waals surface area (Å²) in [4.78, 5) is 13.2. The molecule has 1 aromatic carbocycles. The first-order chi connectivity index (χ1) is 9.67. The molecule has 0 amide bonds. The van der Waals surface area contributed by atoms with Crippen LogP contribution < -0.4 is 10.1 Å². The van der Waals surface area contributed by atoms with Crippen molar-refractivity contribution in [3.63, 3.8) is 0 Å². The molecular formula is C14H19N3O3. The van der Waals surface area contributed by atoms with Gasteiger partial charge in [-0.05, 0) is 25.3 Å². The highest BCUT2D eigenvalue weighted by atomic mass is 16.6. The van der Waals surface area contributed by atoms with Crippen molar-refractivity contribution in [3.8, 4) is 5.75 Å². The Morgan fingerprint density at radius 2 is 2.20 bits per heavy atom. The average molecular weight is 277 g/mol. The van der Waals surface area contributed by atoms with Crippen LogP contribution in [0.3, 0.4) is 0 Å². The quantitative estimate of drug-likeness (QED) is 0.660. The topological polar surface area (TPSA) is 67.6 Å². The SMILES string of the molecule is COc1ccc([N+](=O)[O-])c(NC2CCN(C3CC3)C2)c1. The van der Waals surface area contributed by atoms with Crippen molar-refractivity contribution in [1.29, 1.82) is 0 Å². The van der Waals surface area contributed by atoms with E-state index in [1.807, 2.05) is 0 Å². The van der Waals surface area contributed by atoms with Gasteiger partial charge in [0.2, 0.25) is 0 Å². The zero-order valence-corrected chi connectivity index (χ0v) is 11.5. The number of nitro groups is 1. The highest BCUT2D eigenvalue weighted by molar-refractivity contribution is 5.64. The summed E-state index contributed by atoms with van der Waals surface area (Å²) in [5.74, 6) is 0.634. The summed E-state index contributed by atoms with van der Waals surface area (Å²) in [6.45, 7) is 2.05. The minimum atomic E-state index is -0.352. The zero-order chi connectivity index (χ0) is 14.1. The number of likely N-dealkylation sites (tertiary alicyclic amines) is 1. The second-order valence-corrected chi connectivity index (χ2v) is 5.50. The summed E-state index contributed by atoms with van der Waals surface area (Å²) in [5.41, 5.74) is 0.660. The van der Waals surface area contributed by atoms with E-state index >= 15 is 0 Å². The van der Waals surface area contributed by atoms with E-state index < -0.39 is 0 Å². The van der Waals surface area contributed by atoms with E-state index in [0.29, 0.717) is 11.4 Å². The molecule has 1 aromatic rings. The van der Waals surface area contributed by atoms with Gasteiger partial charge in [0, 0.05) is 37.3 Å². The Kier molecular flexibility index (Phi) is 3.48. The number of nitrogens with zero attached hydrogens (tertiary/aromatic N) is 2. The third-order valence-corrected chi connectivity index (χ3v) is 4.04. The van der Waals surface area contributed by atoms with Crippen LogP contribution in [0.25, 0.3) is 0 Å². The monoisotopic (exact) mass is 277 g/mol. The predicted molar refractivity (Wildman–Crippen MR) is 76.3 cm³/mol. The molecule has 0 aromatic heterocycles. The molecule has 1 saturated carbocycles. The fourth-order valence-corrected chi connectivity index (χ4v) is 2.81. The molecule has 0 bridgehead atoms. The Morgan fingerprint density at radius 3 is 2.85 bits per heavy atom. The molecule has 20 heavy (non-hydrogen) atoms. The average Bonchev–Trinajstić information content (AvgIpc) is 3.19. The molecule has 3 rings (SSSR count). The van der Waals surface area contributed by atoms with Gasteiger partial charge in [-0.15, -0.1) is 0 Å². The smallest absolute Gasteiger partial charge is 0.292 e. The first-order valence-electron chi connectivity index (χ1n) is 7.00. The van der Waals surface area contributed by atoms with Crippen LogP contribution in [0.15, 0.2) is 18.2 Å². The van der Waals surface area contributed by atoms with Crippen molar-refractivity contribution < 1.29 is 9.66 Å². The summed E-state index contributed by atoms with van der Waals surface area (Å²) < 4.78 is 5.15. The van der Waals surface area contributed by atoms with Gasteiger partial charge in [0.05, 0.1) is 12.0 Å². The number of benzene rings is 1. The van der Waals surface area contributed by atoms with E-state index in [-0.39, 0.29) is 16.7 Å². The minimum Gasteiger partial charge on any atom is -0.497 e. The molecule has 1 aliphatic carbocycles. The maximum atomic E-state index is 11.1. The van der Waals surface area contributed by atoms with Gasteiger partial charge in [0.1, 0.15) is 11.4 Å². The highest BCUT2D eigenvalue weighted by Gasteiger charge is 2.34. The molecule has 1 aliphatic heterocycles. The van der Waals surface area contributed by atoms with Crippen molar-refractivity contribution in [3.05, 3.63) is 28.3 Å². The van der Waals surface area contributed by atoms with Crippen molar-refractivity contribution in [2.45, 2.75) is 31.3 Å². The largest absolute Gasteiger partial charge is 0.497 e. The van der Waals surface area contributed by atoms with Gasteiger partial charge < -0.3 is 10.1 Å². The normalized spacial score (nSPS) is 22.8. The summed E-state index contributed by atoms with van der Waals surface area (Å²) in [6.07, 6.45) is 3.63. The minimum absolute atomic E-state index is 0.107. The maximum absolute atomic E-state index is 11.1. The first kappa shape index (κ1) is 13.2. The van der Waals surface area contributed by atoms with Crippen molar-refractivity contribution >= 4 is 11.4 Å². The molecule has 1 atom stereocenters. The van der Waals surface area contributed by atoms with Crippen LogP contribution in [0, 0.1) is 10.1 Å².